The van der Waals surface area contributed by atoms with Gasteiger partial charge in [-0.1, -0.05) is 0 Å². The molecule has 0 saturated carbocycles. The Morgan fingerprint density at radius 2 is 2.26 bits per heavy atom. The van der Waals surface area contributed by atoms with Crippen molar-refractivity contribution in [3.05, 3.63) is 24.5 Å². The van der Waals surface area contributed by atoms with Crippen LogP contribution in [-0.2, 0) is 0 Å². The number of hydrogen-bond donors (Lipinski definition) is 2. The maximum absolute atomic E-state index is 9.03. The van der Waals surface area contributed by atoms with Gasteiger partial charge in [-0.2, -0.15) is 0 Å². The minimum atomic E-state index is 0.260. The second kappa shape index (κ2) is 5.01. The number of nitrogens with two attached hydrogens (primary N) is 1. The molecule has 0 amide bonds. The monoisotopic (exact) mass is 258 g/mol. The van der Waals surface area contributed by atoms with Gasteiger partial charge in [0.1, 0.15) is 12.1 Å². The first-order valence-corrected chi connectivity index (χ1v) is 6.64. The van der Waals surface area contributed by atoms with Gasteiger partial charge >= 0.3 is 0 Å². The summed E-state index contributed by atoms with van der Waals surface area (Å²) in [4.78, 5) is 11.0. The van der Waals surface area contributed by atoms with E-state index in [0.29, 0.717) is 5.92 Å². The van der Waals surface area contributed by atoms with E-state index in [1.165, 1.54) is 0 Å². The molecule has 1 aromatic heterocycles. The largest absolute Gasteiger partial charge is 0.399 e. The summed E-state index contributed by atoms with van der Waals surface area (Å²) in [5, 5.41) is 10.0. The van der Waals surface area contributed by atoms with Crippen LogP contribution in [0.5, 0.6) is 0 Å². The maximum atomic E-state index is 9.03. The number of aliphatic hydroxyl groups is 1. The fourth-order valence-electron chi connectivity index (χ4n) is 2.76. The molecule has 1 aliphatic rings. The number of benzene rings is 1. The first kappa shape index (κ1) is 12.2. The highest BCUT2D eigenvalue weighted by molar-refractivity contribution is 5.91. The van der Waals surface area contributed by atoms with E-state index in [1.54, 1.807) is 6.33 Å². The summed E-state index contributed by atoms with van der Waals surface area (Å²) in [5.41, 5.74) is 7.51. The Bertz CT molecular complexity index is 587. The van der Waals surface area contributed by atoms with Gasteiger partial charge in [-0.05, 0) is 37.0 Å². The Morgan fingerprint density at radius 1 is 1.37 bits per heavy atom. The molecule has 1 atom stereocenters. The van der Waals surface area contributed by atoms with Crippen molar-refractivity contribution < 1.29 is 5.11 Å². The molecule has 1 aromatic carbocycles. The van der Waals surface area contributed by atoms with Crippen LogP contribution in [0.1, 0.15) is 12.8 Å². The summed E-state index contributed by atoms with van der Waals surface area (Å²) in [5.74, 6) is 1.51. The van der Waals surface area contributed by atoms with Crippen LogP contribution in [-0.4, -0.2) is 34.8 Å². The normalized spacial score (nSPS) is 19.2. The number of aliphatic hydroxyl groups excluding tert-OH is 1. The molecule has 5 nitrogen and oxygen atoms in total. The van der Waals surface area contributed by atoms with Crippen LogP contribution in [0.25, 0.3) is 10.9 Å². The van der Waals surface area contributed by atoms with Crippen molar-refractivity contribution >= 4 is 22.4 Å². The van der Waals surface area contributed by atoms with Crippen LogP contribution in [0, 0.1) is 5.92 Å². The van der Waals surface area contributed by atoms with Crippen LogP contribution < -0.4 is 10.6 Å². The summed E-state index contributed by atoms with van der Waals surface area (Å²) in [6.07, 6.45) is 3.57. The van der Waals surface area contributed by atoms with Crippen molar-refractivity contribution in [1.29, 1.82) is 0 Å². The average Bonchev–Trinajstić information content (AvgIpc) is 2.87. The molecule has 100 valence electrons. The summed E-state index contributed by atoms with van der Waals surface area (Å²) in [7, 11) is 0. The Balaban J connectivity index is 1.95. The number of nitrogens with zero attached hydrogens (tertiary/aromatic N) is 3. The fraction of sp³-hybridized carbons (Fsp3) is 0.429. The topological polar surface area (TPSA) is 75.3 Å². The van der Waals surface area contributed by atoms with Crippen LogP contribution in [0.4, 0.5) is 11.5 Å². The van der Waals surface area contributed by atoms with Crippen molar-refractivity contribution in [2.75, 3.05) is 30.3 Å². The van der Waals surface area contributed by atoms with Gasteiger partial charge in [0, 0.05) is 30.8 Å². The van der Waals surface area contributed by atoms with Crippen molar-refractivity contribution in [3.8, 4) is 0 Å². The summed E-state index contributed by atoms with van der Waals surface area (Å²) in [6, 6.07) is 5.72. The van der Waals surface area contributed by atoms with Crippen molar-refractivity contribution in [3.63, 3.8) is 0 Å². The number of rotatable bonds is 3. The molecule has 0 radical (unpaired) electrons. The molecule has 1 fully saturated rings. The van der Waals surface area contributed by atoms with E-state index < -0.39 is 0 Å². The highest BCUT2D eigenvalue weighted by Crippen LogP contribution is 2.29. The zero-order valence-corrected chi connectivity index (χ0v) is 10.8. The van der Waals surface area contributed by atoms with E-state index in [-0.39, 0.29) is 6.61 Å². The van der Waals surface area contributed by atoms with Gasteiger partial charge in [-0.25, -0.2) is 9.97 Å². The van der Waals surface area contributed by atoms with E-state index >= 15 is 0 Å². The molecular weight excluding hydrogens is 240 g/mol. The third-order valence-corrected chi connectivity index (χ3v) is 3.76. The van der Waals surface area contributed by atoms with Crippen molar-refractivity contribution in [2.24, 2.45) is 5.92 Å². The number of hydrogen-bond acceptors (Lipinski definition) is 5. The van der Waals surface area contributed by atoms with Gasteiger partial charge in [0.15, 0.2) is 0 Å². The fourth-order valence-corrected chi connectivity index (χ4v) is 2.76. The zero-order valence-electron chi connectivity index (χ0n) is 10.8. The minimum Gasteiger partial charge on any atom is -0.399 e. The lowest BCUT2D eigenvalue weighted by Gasteiger charge is -2.19. The summed E-state index contributed by atoms with van der Waals surface area (Å²) >= 11 is 0. The Morgan fingerprint density at radius 3 is 3.11 bits per heavy atom. The number of fused-ring (bicyclic) bond motifs is 1. The molecule has 0 spiro atoms. The van der Waals surface area contributed by atoms with E-state index in [4.69, 9.17) is 10.8 Å². The van der Waals surface area contributed by atoms with E-state index in [1.807, 2.05) is 18.2 Å². The SMILES string of the molecule is Nc1ccc2ncnc(N3CCC(CCO)C3)c2c1. The molecule has 2 heterocycles. The maximum Gasteiger partial charge on any atom is 0.139 e. The molecule has 2 aromatic rings. The van der Waals surface area contributed by atoms with Crippen LogP contribution in [0.2, 0.25) is 0 Å². The number of aromatic nitrogens is 2. The quantitative estimate of drug-likeness (QED) is 0.814. The van der Waals surface area contributed by atoms with Crippen LogP contribution >= 0.6 is 0 Å². The van der Waals surface area contributed by atoms with Gasteiger partial charge < -0.3 is 15.7 Å². The third-order valence-electron chi connectivity index (χ3n) is 3.76. The molecule has 1 unspecified atom stereocenters. The van der Waals surface area contributed by atoms with Crippen LogP contribution in [0.3, 0.4) is 0 Å². The predicted molar refractivity (Wildman–Crippen MR) is 76.0 cm³/mol. The molecule has 1 aliphatic heterocycles. The highest BCUT2D eigenvalue weighted by atomic mass is 16.3. The lowest BCUT2D eigenvalue weighted by atomic mass is 10.1. The van der Waals surface area contributed by atoms with Gasteiger partial charge in [-0.15, -0.1) is 0 Å². The number of nitrogen functional groups attached to an aromatic ring is 1. The van der Waals surface area contributed by atoms with Crippen molar-refractivity contribution in [1.82, 2.24) is 9.97 Å². The lowest BCUT2D eigenvalue weighted by molar-refractivity contribution is 0.263. The van der Waals surface area contributed by atoms with E-state index in [9.17, 15) is 0 Å². The van der Waals surface area contributed by atoms with Gasteiger partial charge in [0.25, 0.3) is 0 Å². The van der Waals surface area contributed by atoms with E-state index in [0.717, 1.165) is 48.3 Å². The smallest absolute Gasteiger partial charge is 0.139 e. The molecular formula is C14H18N4O. The molecule has 0 aliphatic carbocycles. The standard InChI is InChI=1S/C14H18N4O/c15-11-1-2-13-12(7-11)14(17-9-16-13)18-5-3-10(8-18)4-6-19/h1-2,7,9-10,19H,3-6,8,15H2. The van der Waals surface area contributed by atoms with Gasteiger partial charge in [0.2, 0.25) is 0 Å². The molecule has 0 bridgehead atoms. The Kier molecular flexibility index (Phi) is 3.21. The first-order chi connectivity index (χ1) is 9.28. The zero-order chi connectivity index (χ0) is 13.2. The Hall–Kier alpha value is -1.88. The minimum absolute atomic E-state index is 0.260. The Labute approximate surface area is 112 Å². The predicted octanol–water partition coefficient (Wildman–Crippen LogP) is 1.42. The van der Waals surface area contributed by atoms with E-state index in [2.05, 4.69) is 14.9 Å². The molecule has 3 rings (SSSR count). The second-order valence-corrected chi connectivity index (χ2v) is 5.09. The van der Waals surface area contributed by atoms with Crippen molar-refractivity contribution in [2.45, 2.75) is 12.8 Å². The summed E-state index contributed by atoms with van der Waals surface area (Å²) < 4.78 is 0. The second-order valence-electron chi connectivity index (χ2n) is 5.09. The summed E-state index contributed by atoms with van der Waals surface area (Å²) in [6.45, 7) is 2.18. The van der Waals surface area contributed by atoms with Gasteiger partial charge in [0.05, 0.1) is 5.52 Å². The lowest BCUT2D eigenvalue weighted by Crippen LogP contribution is -2.21. The first-order valence-electron chi connectivity index (χ1n) is 6.64. The molecule has 1 saturated heterocycles. The molecule has 5 heteroatoms. The molecule has 19 heavy (non-hydrogen) atoms. The molecule has 3 N–H and O–H groups in total. The third kappa shape index (κ3) is 2.33. The van der Waals surface area contributed by atoms with Gasteiger partial charge in [-0.3, -0.25) is 0 Å². The highest BCUT2D eigenvalue weighted by Gasteiger charge is 2.24. The van der Waals surface area contributed by atoms with Crippen LogP contribution in [0.15, 0.2) is 24.5 Å². The number of anilines is 2. The average molecular weight is 258 g/mol.